The van der Waals surface area contributed by atoms with E-state index in [0.29, 0.717) is 97.7 Å². The fourth-order valence-electron chi connectivity index (χ4n) is 5.28. The second kappa shape index (κ2) is 45.2. The van der Waals surface area contributed by atoms with Crippen molar-refractivity contribution >= 4 is 97.1 Å². The third-order valence-electron chi connectivity index (χ3n) is 8.49. The summed E-state index contributed by atoms with van der Waals surface area (Å²) in [6.07, 6.45) is -8.51. The molecule has 0 saturated heterocycles. The van der Waals surface area contributed by atoms with Crippen molar-refractivity contribution in [1.82, 2.24) is 0 Å². The van der Waals surface area contributed by atoms with Crippen LogP contribution in [-0.4, -0.2) is 198 Å². The molecular weight excluding hydrogens is 1030 g/mol. The van der Waals surface area contributed by atoms with Gasteiger partial charge in [0.15, 0.2) is 0 Å². The molecule has 0 amide bonds. The van der Waals surface area contributed by atoms with Gasteiger partial charge in [-0.05, 0) is 64.1 Å². The van der Waals surface area contributed by atoms with Gasteiger partial charge in [-0.3, -0.25) is 0 Å². The van der Waals surface area contributed by atoms with Crippen LogP contribution < -0.4 is 37.0 Å². The zero-order valence-corrected chi connectivity index (χ0v) is 47.2. The quantitative estimate of drug-likeness (QED) is 0.0361. The Kier molecular flexibility index (Phi) is 62.0. The average molecular weight is 1110 g/mol. The van der Waals surface area contributed by atoms with Crippen LogP contribution in [0.3, 0.4) is 0 Å². The Morgan fingerprint density at radius 2 is 0.646 bits per heavy atom. The first-order valence-corrected chi connectivity index (χ1v) is 31.9. The van der Waals surface area contributed by atoms with Gasteiger partial charge in [0.25, 0.3) is 0 Å². The second-order valence-electron chi connectivity index (χ2n) is 12.9. The van der Waals surface area contributed by atoms with Crippen LogP contribution in [0.15, 0.2) is 0 Å². The van der Waals surface area contributed by atoms with E-state index in [1.165, 1.54) is 56.9 Å². The first kappa shape index (κ1) is 89.2. The SMILES string of the molecule is C.C.CO[Si](CCCN)(OC)O[Si](C)(CCC(F)(F)F)O[Si](CCCN)(OC)OC.CO[Si](CCCN)(OC)O[Si](C)(CCC(F)(F)F)O[Si](CCC[NH3+])(OC)OC.O.[F-].[F-].[F-].[Mg+2].[O]=[Mg]. The number of rotatable bonds is 32. The molecule has 0 aromatic carbocycles. The summed E-state index contributed by atoms with van der Waals surface area (Å²) in [5, 5.41) is 0. The van der Waals surface area contributed by atoms with Gasteiger partial charge in [-0.15, -0.1) is 0 Å². The van der Waals surface area contributed by atoms with Crippen LogP contribution in [0, 0.1) is 0 Å². The molecule has 0 aliphatic heterocycles. The van der Waals surface area contributed by atoms with E-state index >= 15 is 0 Å². The van der Waals surface area contributed by atoms with Gasteiger partial charge in [-0.1, -0.05) is 14.9 Å². The van der Waals surface area contributed by atoms with Crippen LogP contribution in [0.25, 0.3) is 0 Å². The van der Waals surface area contributed by atoms with E-state index in [1.807, 2.05) is 0 Å². The summed E-state index contributed by atoms with van der Waals surface area (Å²) < 4.78 is 155. The van der Waals surface area contributed by atoms with Gasteiger partial charge in [0.1, 0.15) is 0 Å². The molecule has 0 spiro atoms. The van der Waals surface area contributed by atoms with Crippen molar-refractivity contribution in [2.75, 3.05) is 83.1 Å². The molecule has 0 aliphatic carbocycles. The molecule has 11 N–H and O–H groups in total. The zero-order valence-electron chi connectivity index (χ0n) is 38.4. The molecule has 65 heavy (non-hydrogen) atoms. The molecule has 0 aromatic rings. The second-order valence-corrected chi connectivity index (χ2v) is 32.4. The van der Waals surface area contributed by atoms with E-state index in [-0.39, 0.29) is 69.6 Å². The van der Waals surface area contributed by atoms with Gasteiger partial charge in [0.05, 0.1) is 6.54 Å². The molecule has 0 fully saturated rings. The van der Waals surface area contributed by atoms with Gasteiger partial charge < -0.3 is 94.4 Å². The Hall–Kier alpha value is 1.32. The Morgan fingerprint density at radius 3 is 0.785 bits per heavy atom. The summed E-state index contributed by atoms with van der Waals surface area (Å²) in [6.45, 7) is 4.88. The molecule has 18 nitrogen and oxygen atoms in total. The first-order valence-electron chi connectivity index (χ1n) is 18.5. The zero-order chi connectivity index (χ0) is 45.8. The predicted octanol–water partition coefficient (Wildman–Crippen LogP) is -5.73. The Bertz CT molecular complexity index is 927. The van der Waals surface area contributed by atoms with Crippen molar-refractivity contribution in [2.24, 2.45) is 17.2 Å². The number of quaternary nitrogens is 1. The molecule has 0 saturated carbocycles. The molecule has 0 aromatic heterocycles. The van der Waals surface area contributed by atoms with Crippen LogP contribution >= 0.6 is 0 Å². The topological polar surface area (TPSA) is 265 Å². The maximum absolute atomic E-state index is 13.0. The summed E-state index contributed by atoms with van der Waals surface area (Å²) in [7, 11) is -8.66. The average Bonchev–Trinajstić information content (AvgIpc) is 3.20. The van der Waals surface area contributed by atoms with Crippen LogP contribution in [0.2, 0.25) is 49.4 Å². The van der Waals surface area contributed by atoms with Crippen molar-refractivity contribution < 1.29 is 107 Å². The summed E-state index contributed by atoms with van der Waals surface area (Å²) in [5.41, 5.74) is 20.5. The Labute approximate surface area is 416 Å². The molecule has 0 aliphatic rings. The summed E-state index contributed by atoms with van der Waals surface area (Å²) in [4.78, 5) is 0. The molecule has 0 heterocycles. The summed E-state index contributed by atoms with van der Waals surface area (Å²) in [6, 6.07) is 0.870. The van der Waals surface area contributed by atoms with Gasteiger partial charge in [0.2, 0.25) is 0 Å². The number of hydrogen-bond acceptors (Lipinski definition) is 16. The fourth-order valence-corrected chi connectivity index (χ4v) is 29.2. The van der Waals surface area contributed by atoms with Crippen molar-refractivity contribution in [3.05, 3.63) is 0 Å². The van der Waals surface area contributed by atoms with Crippen LogP contribution in [-0.2, 0) is 55.0 Å². The number of hydrogen-bond donors (Lipinski definition) is 4. The molecule has 1 atom stereocenters. The van der Waals surface area contributed by atoms with E-state index in [9.17, 15) is 26.3 Å². The van der Waals surface area contributed by atoms with Gasteiger partial charge >= 0.3 is 113 Å². The first-order chi connectivity index (χ1) is 27.0. The van der Waals surface area contributed by atoms with Crippen molar-refractivity contribution in [1.29, 1.82) is 0 Å². The van der Waals surface area contributed by atoms with Crippen LogP contribution in [0.4, 0.5) is 26.3 Å². The van der Waals surface area contributed by atoms with E-state index in [2.05, 4.69) is 5.73 Å². The van der Waals surface area contributed by atoms with Gasteiger partial charge in [0, 0.05) is 100 Å². The van der Waals surface area contributed by atoms with Crippen molar-refractivity contribution in [3.8, 4) is 0 Å². The molecule has 396 valence electrons. The van der Waals surface area contributed by atoms with Crippen molar-refractivity contribution in [3.63, 3.8) is 0 Å². The third kappa shape index (κ3) is 37.7. The van der Waals surface area contributed by atoms with Crippen LogP contribution in [0.1, 0.15) is 53.4 Å². The maximum atomic E-state index is 13.0. The minimum atomic E-state index is -4.36. The minimum absolute atomic E-state index is 0. The van der Waals surface area contributed by atoms with Crippen LogP contribution in [0.5, 0.6) is 0 Å². The molecule has 0 rings (SSSR count). The van der Waals surface area contributed by atoms with E-state index < -0.39 is 77.5 Å². The number of alkyl halides is 6. The fraction of sp³-hybridized carbons (Fsp3) is 1.00. The van der Waals surface area contributed by atoms with E-state index in [1.54, 1.807) is 13.1 Å². The molecular formula is C30H81F9Mg2N4O14Si6. The monoisotopic (exact) mass is 1110 g/mol. The third-order valence-corrected chi connectivity index (χ3v) is 31.5. The molecule has 0 bridgehead atoms. The summed E-state index contributed by atoms with van der Waals surface area (Å²) >= 11 is 0.611. The summed E-state index contributed by atoms with van der Waals surface area (Å²) in [5.74, 6) is 0. The molecule has 1 unspecified atom stereocenters. The number of halogens is 9. The van der Waals surface area contributed by atoms with Gasteiger partial charge in [-0.2, -0.15) is 26.3 Å². The molecule has 0 radical (unpaired) electrons. The molecule has 35 heteroatoms. The normalized spacial score (nSPS) is 12.8. The van der Waals surface area contributed by atoms with Crippen molar-refractivity contribution in [2.45, 2.75) is 115 Å². The van der Waals surface area contributed by atoms with E-state index in [4.69, 9.17) is 72.2 Å². The number of nitrogens with two attached hydrogens (primary N) is 3. The predicted molar refractivity (Wildman–Crippen MR) is 240 cm³/mol. The standard InChI is InChI=1S/2C14H35F3N2O6Si3.2CH4.3FH.2Mg.H2O.O/c2*1-20-27(21-2,11-6-9-18)24-26(5,13-8-14(15,16)17)25-28(22-3,23-4)12-7-10-19;;;;;;;;;/h2*6-13,18-19H2,1-5H3;2*1H4;3*1H;;;1H2;/q;;;;;;;;+2;;/p-2. The Morgan fingerprint density at radius 1 is 0.462 bits per heavy atom. The Balaban J connectivity index is -0.000000101. The van der Waals surface area contributed by atoms with E-state index in [0.717, 1.165) is 0 Å². The van der Waals surface area contributed by atoms with Gasteiger partial charge in [-0.25, -0.2) is 0 Å².